The van der Waals surface area contributed by atoms with Gasteiger partial charge in [-0.1, -0.05) is 44.2 Å². The molecule has 0 saturated heterocycles. The van der Waals surface area contributed by atoms with Crippen LogP contribution in [-0.4, -0.2) is 19.0 Å². The number of benzene rings is 2. The summed E-state index contributed by atoms with van der Waals surface area (Å²) in [4.78, 5) is 10.6. The van der Waals surface area contributed by atoms with E-state index in [0.29, 0.717) is 20.2 Å². The van der Waals surface area contributed by atoms with Crippen LogP contribution in [0.4, 0.5) is 5.69 Å². The lowest BCUT2D eigenvalue weighted by Crippen LogP contribution is -2.07. The largest absolute Gasteiger partial charge is 0.455 e. The summed E-state index contributed by atoms with van der Waals surface area (Å²) in [6.07, 6.45) is 5.16. The van der Waals surface area contributed by atoms with Crippen LogP contribution in [0.5, 0.6) is 11.5 Å². The molecule has 2 aromatic rings. The van der Waals surface area contributed by atoms with Gasteiger partial charge in [0.05, 0.1) is 5.69 Å². The van der Waals surface area contributed by atoms with E-state index >= 15 is 0 Å². The Balaban J connectivity index is 0.00000163. The van der Waals surface area contributed by atoms with Crippen LogP contribution in [0, 0.1) is 6.92 Å². The summed E-state index contributed by atoms with van der Waals surface area (Å²) in [5.41, 5.74) is 9.06. The molecule has 0 radical (unpaired) electrons. The SMILES string of the molecule is CC.CNPC(/C=C\C=O)Cc1ccc(C)c(Oc2ccccc2N)c1. The molecule has 2 unspecified atom stereocenters. The number of carbonyl (C=O) groups is 1. The van der Waals surface area contributed by atoms with Crippen LogP contribution in [0.25, 0.3) is 0 Å². The summed E-state index contributed by atoms with van der Waals surface area (Å²) in [5.74, 6) is 1.46. The standard InChI is InChI=1S/C19H23N2O2P.C2H6/c1-14-9-10-15(12-16(24-21-2)6-5-11-22)13-19(14)23-18-8-4-3-7-17(18)20;1-2/h3-11,13,16,21,24H,12,20H2,1-2H3;1-2H3/b6-5-;. The molecular formula is C21H29N2O2P. The van der Waals surface area contributed by atoms with Crippen LogP contribution in [0.1, 0.15) is 25.0 Å². The summed E-state index contributed by atoms with van der Waals surface area (Å²) in [5, 5.41) is 3.18. The van der Waals surface area contributed by atoms with E-state index in [1.54, 1.807) is 6.08 Å². The lowest BCUT2D eigenvalue weighted by molar-refractivity contribution is -0.104. The summed E-state index contributed by atoms with van der Waals surface area (Å²) in [6, 6.07) is 13.7. The second-order valence-electron chi connectivity index (χ2n) is 5.47. The number of allylic oxidation sites excluding steroid dienone is 2. The molecule has 4 nitrogen and oxygen atoms in total. The smallest absolute Gasteiger partial charge is 0.150 e. The number of nitrogens with one attached hydrogen (secondary N) is 1. The lowest BCUT2D eigenvalue weighted by Gasteiger charge is -2.15. The van der Waals surface area contributed by atoms with Gasteiger partial charge in [0, 0.05) is 5.66 Å². The molecule has 0 spiro atoms. The van der Waals surface area contributed by atoms with Crippen molar-refractivity contribution in [1.82, 2.24) is 5.09 Å². The first kappa shape index (κ1) is 21.9. The zero-order chi connectivity index (χ0) is 19.4. The Labute approximate surface area is 158 Å². The Morgan fingerprint density at radius 3 is 2.58 bits per heavy atom. The Kier molecular flexibility index (Phi) is 10.3. The minimum Gasteiger partial charge on any atom is -0.455 e. The normalized spacial score (nSPS) is 12.0. The van der Waals surface area contributed by atoms with Crippen molar-refractivity contribution in [3.63, 3.8) is 0 Å². The van der Waals surface area contributed by atoms with Crippen LogP contribution in [0.3, 0.4) is 0 Å². The number of para-hydroxylation sites is 2. The van der Waals surface area contributed by atoms with Crippen molar-refractivity contribution < 1.29 is 9.53 Å². The summed E-state index contributed by atoms with van der Waals surface area (Å²) in [6.45, 7) is 6.01. The number of nitrogens with two attached hydrogens (primary N) is 1. The highest BCUT2D eigenvalue weighted by molar-refractivity contribution is 7.36. The van der Waals surface area contributed by atoms with Gasteiger partial charge in [0.2, 0.25) is 0 Å². The molecule has 3 N–H and O–H groups in total. The zero-order valence-corrected chi connectivity index (χ0v) is 17.0. The van der Waals surface area contributed by atoms with Crippen molar-refractivity contribution in [3.05, 3.63) is 65.7 Å². The molecule has 0 aliphatic rings. The molecule has 0 aliphatic heterocycles. The number of aldehydes is 1. The first-order valence-electron chi connectivity index (χ1n) is 8.80. The Hall–Kier alpha value is -2.16. The van der Waals surface area contributed by atoms with Crippen LogP contribution in [0.2, 0.25) is 0 Å². The summed E-state index contributed by atoms with van der Waals surface area (Å²) in [7, 11) is 2.47. The monoisotopic (exact) mass is 372 g/mol. The molecule has 2 atom stereocenters. The van der Waals surface area contributed by atoms with Crippen molar-refractivity contribution >= 4 is 20.7 Å². The fourth-order valence-electron chi connectivity index (χ4n) is 2.36. The van der Waals surface area contributed by atoms with Crippen LogP contribution in [0.15, 0.2) is 54.6 Å². The van der Waals surface area contributed by atoms with E-state index in [-0.39, 0.29) is 5.66 Å². The van der Waals surface area contributed by atoms with Gasteiger partial charge in [-0.2, -0.15) is 0 Å². The van der Waals surface area contributed by atoms with Gasteiger partial charge in [-0.25, -0.2) is 0 Å². The van der Waals surface area contributed by atoms with Gasteiger partial charge in [-0.3, -0.25) is 4.79 Å². The summed E-state index contributed by atoms with van der Waals surface area (Å²) < 4.78 is 5.99. The third kappa shape index (κ3) is 6.99. The molecule has 0 amide bonds. The van der Waals surface area contributed by atoms with Crippen molar-refractivity contribution in [2.24, 2.45) is 0 Å². The van der Waals surface area contributed by atoms with Crippen LogP contribution < -0.4 is 15.6 Å². The number of aryl methyl sites for hydroxylation is 1. The van der Waals surface area contributed by atoms with Crippen molar-refractivity contribution in [2.75, 3.05) is 12.8 Å². The first-order valence-corrected chi connectivity index (χ1v) is 9.88. The van der Waals surface area contributed by atoms with Crippen LogP contribution >= 0.6 is 8.73 Å². The third-order valence-corrected chi connectivity index (χ3v) is 4.65. The van der Waals surface area contributed by atoms with E-state index in [1.807, 2.05) is 70.3 Å². The molecule has 0 heterocycles. The fourth-order valence-corrected chi connectivity index (χ4v) is 3.28. The van der Waals surface area contributed by atoms with Gasteiger partial charge < -0.3 is 15.6 Å². The summed E-state index contributed by atoms with van der Waals surface area (Å²) >= 11 is 0. The van der Waals surface area contributed by atoms with Gasteiger partial charge in [-0.15, -0.1) is 0 Å². The van der Waals surface area contributed by atoms with E-state index in [2.05, 4.69) is 11.2 Å². The topological polar surface area (TPSA) is 64.3 Å². The zero-order valence-electron chi connectivity index (χ0n) is 16.0. The van der Waals surface area contributed by atoms with Gasteiger partial charge in [-0.05, 0) is 64.5 Å². The number of hydrogen-bond donors (Lipinski definition) is 2. The van der Waals surface area contributed by atoms with Crippen molar-refractivity contribution in [2.45, 2.75) is 32.9 Å². The van der Waals surface area contributed by atoms with Gasteiger partial charge >= 0.3 is 0 Å². The molecule has 0 bridgehead atoms. The number of carbonyl (C=O) groups excluding carboxylic acids is 1. The highest BCUT2D eigenvalue weighted by atomic mass is 31.1. The molecule has 0 aliphatic carbocycles. The fraction of sp³-hybridized carbons (Fsp3) is 0.286. The highest BCUT2D eigenvalue weighted by Gasteiger charge is 2.09. The predicted molar refractivity (Wildman–Crippen MR) is 114 cm³/mol. The maximum absolute atomic E-state index is 10.6. The van der Waals surface area contributed by atoms with E-state index in [9.17, 15) is 4.79 Å². The predicted octanol–water partition coefficient (Wildman–Crippen LogP) is 4.87. The molecule has 2 rings (SSSR count). The maximum atomic E-state index is 10.6. The molecule has 0 saturated carbocycles. The highest BCUT2D eigenvalue weighted by Crippen LogP contribution is 2.31. The van der Waals surface area contributed by atoms with E-state index in [1.165, 1.54) is 0 Å². The Morgan fingerprint density at radius 2 is 1.92 bits per heavy atom. The lowest BCUT2D eigenvalue weighted by atomic mass is 10.1. The van der Waals surface area contributed by atoms with Crippen LogP contribution in [-0.2, 0) is 11.2 Å². The van der Waals surface area contributed by atoms with Gasteiger partial charge in [0.25, 0.3) is 0 Å². The van der Waals surface area contributed by atoms with E-state index in [4.69, 9.17) is 10.5 Å². The molecule has 0 fully saturated rings. The molecule has 2 aromatic carbocycles. The Morgan fingerprint density at radius 1 is 1.19 bits per heavy atom. The van der Waals surface area contributed by atoms with E-state index in [0.717, 1.165) is 29.6 Å². The minimum absolute atomic E-state index is 0.276. The maximum Gasteiger partial charge on any atom is 0.150 e. The Bertz CT molecular complexity index is 717. The molecule has 140 valence electrons. The average molecular weight is 372 g/mol. The number of anilines is 1. The quantitative estimate of drug-likeness (QED) is 0.300. The second kappa shape index (κ2) is 12.2. The van der Waals surface area contributed by atoms with E-state index < -0.39 is 0 Å². The first-order chi connectivity index (χ1) is 12.6. The average Bonchev–Trinajstić information content (AvgIpc) is 2.66. The van der Waals surface area contributed by atoms with Crippen molar-refractivity contribution in [3.8, 4) is 11.5 Å². The number of nitrogen functional groups attached to an aromatic ring is 1. The van der Waals surface area contributed by atoms with Gasteiger partial charge in [0.1, 0.15) is 17.8 Å². The number of hydrogen-bond acceptors (Lipinski definition) is 4. The van der Waals surface area contributed by atoms with Gasteiger partial charge in [0.15, 0.2) is 0 Å². The number of rotatable bonds is 8. The van der Waals surface area contributed by atoms with Crippen molar-refractivity contribution in [1.29, 1.82) is 0 Å². The molecule has 5 heteroatoms. The molecular weight excluding hydrogens is 343 g/mol. The third-order valence-electron chi connectivity index (χ3n) is 3.60. The number of ether oxygens (including phenoxy) is 1. The molecule has 0 aromatic heterocycles. The molecule has 26 heavy (non-hydrogen) atoms. The minimum atomic E-state index is 0.276. The second-order valence-corrected chi connectivity index (χ2v) is 7.00.